The summed E-state index contributed by atoms with van der Waals surface area (Å²) in [4.78, 5) is 22.5. The van der Waals surface area contributed by atoms with Crippen LogP contribution in [0.3, 0.4) is 0 Å². The number of carbonyl (C=O) groups excluding carboxylic acids is 2. The first-order valence-corrected chi connectivity index (χ1v) is 5.99. The molecule has 19 heavy (non-hydrogen) atoms. The average molecular weight is 276 g/mol. The van der Waals surface area contributed by atoms with Crippen LogP contribution in [-0.2, 0) is 28.5 Å². The first kappa shape index (κ1) is 15.9. The smallest absolute Gasteiger partial charge is 0.337 e. The lowest BCUT2D eigenvalue weighted by Gasteiger charge is -2.25. The Kier molecular flexibility index (Phi) is 5.28. The molecule has 7 nitrogen and oxygen atoms in total. The van der Waals surface area contributed by atoms with E-state index in [0.29, 0.717) is 0 Å². The van der Waals surface area contributed by atoms with Crippen LogP contribution in [0.2, 0.25) is 0 Å². The van der Waals surface area contributed by atoms with Crippen LogP contribution >= 0.6 is 0 Å². The van der Waals surface area contributed by atoms with Crippen LogP contribution in [0.15, 0.2) is 0 Å². The second kappa shape index (κ2) is 6.31. The van der Waals surface area contributed by atoms with Crippen LogP contribution in [0.1, 0.15) is 26.7 Å². The van der Waals surface area contributed by atoms with E-state index in [2.05, 4.69) is 9.47 Å². The second-order valence-electron chi connectivity index (χ2n) is 4.66. The van der Waals surface area contributed by atoms with Crippen LogP contribution < -0.4 is 0 Å². The largest absolute Gasteiger partial charge is 0.469 e. The van der Waals surface area contributed by atoms with E-state index in [4.69, 9.17) is 9.47 Å². The maximum atomic E-state index is 11.5. The van der Waals surface area contributed by atoms with Gasteiger partial charge in [0.15, 0.2) is 11.9 Å². The minimum atomic E-state index is -1.13. The second-order valence-corrected chi connectivity index (χ2v) is 4.66. The van der Waals surface area contributed by atoms with E-state index in [1.54, 1.807) is 13.8 Å². The molecule has 0 spiro atoms. The Balaban J connectivity index is 2.58. The van der Waals surface area contributed by atoms with Gasteiger partial charge in [-0.2, -0.15) is 0 Å². The Morgan fingerprint density at radius 2 is 1.95 bits per heavy atom. The van der Waals surface area contributed by atoms with Crippen molar-refractivity contribution in [1.82, 2.24) is 0 Å². The highest BCUT2D eigenvalue weighted by molar-refractivity contribution is 5.75. The fourth-order valence-corrected chi connectivity index (χ4v) is 2.08. The molecule has 1 saturated heterocycles. The summed E-state index contributed by atoms with van der Waals surface area (Å²) in [6, 6.07) is 0. The number of carbonyl (C=O) groups is 2. The van der Waals surface area contributed by atoms with Gasteiger partial charge in [-0.25, -0.2) is 4.79 Å². The van der Waals surface area contributed by atoms with Crippen LogP contribution in [0.4, 0.5) is 0 Å². The number of hydrogen-bond acceptors (Lipinski definition) is 7. The van der Waals surface area contributed by atoms with Gasteiger partial charge in [0.2, 0.25) is 0 Å². The summed E-state index contributed by atoms with van der Waals surface area (Å²) in [5.74, 6) is -2.18. The number of aliphatic hydroxyl groups is 1. The zero-order chi connectivity index (χ0) is 14.6. The molecule has 0 saturated carbocycles. The molecule has 110 valence electrons. The van der Waals surface area contributed by atoms with Gasteiger partial charge in [0.05, 0.1) is 32.8 Å². The lowest BCUT2D eigenvalue weighted by molar-refractivity contribution is -0.188. The molecule has 0 aromatic heterocycles. The van der Waals surface area contributed by atoms with Crippen LogP contribution in [-0.4, -0.2) is 55.4 Å². The Bertz CT molecular complexity index is 343. The molecule has 1 heterocycles. The zero-order valence-electron chi connectivity index (χ0n) is 11.5. The predicted molar refractivity (Wildman–Crippen MR) is 63.1 cm³/mol. The van der Waals surface area contributed by atoms with Crippen molar-refractivity contribution in [1.29, 1.82) is 0 Å². The number of ether oxygens (including phenoxy) is 4. The van der Waals surface area contributed by atoms with Gasteiger partial charge in [-0.15, -0.1) is 0 Å². The van der Waals surface area contributed by atoms with Crippen LogP contribution in [0, 0.1) is 0 Å². The van der Waals surface area contributed by atoms with Crippen molar-refractivity contribution in [3.05, 3.63) is 0 Å². The Morgan fingerprint density at radius 3 is 2.47 bits per heavy atom. The van der Waals surface area contributed by atoms with Gasteiger partial charge in [0.25, 0.3) is 0 Å². The van der Waals surface area contributed by atoms with Gasteiger partial charge in [0.1, 0.15) is 0 Å². The predicted octanol–water partition coefficient (Wildman–Crippen LogP) is -0.00640. The summed E-state index contributed by atoms with van der Waals surface area (Å²) < 4.78 is 20.1. The van der Waals surface area contributed by atoms with E-state index < -0.39 is 36.0 Å². The molecule has 7 heteroatoms. The summed E-state index contributed by atoms with van der Waals surface area (Å²) in [5.41, 5.74) is 0. The standard InChI is InChI=1S/C12H20O7/c1-7-10(11(15)17-4)19-12(2,18-7)6-8(13)5-9(14)16-3/h7-8,10,13H,5-6H2,1-4H3/t7-,8-,10+,12?/m0/s1. The van der Waals surface area contributed by atoms with Gasteiger partial charge in [-0.3, -0.25) is 4.79 Å². The van der Waals surface area contributed by atoms with Crippen LogP contribution in [0.5, 0.6) is 0 Å². The third kappa shape index (κ3) is 4.15. The molecular formula is C12H20O7. The lowest BCUT2D eigenvalue weighted by Crippen LogP contribution is -2.34. The van der Waals surface area contributed by atoms with E-state index in [1.807, 2.05) is 0 Å². The molecule has 0 amide bonds. The summed E-state index contributed by atoms with van der Waals surface area (Å²) in [6.45, 7) is 3.28. The maximum absolute atomic E-state index is 11.5. The van der Waals surface area contributed by atoms with Crippen molar-refractivity contribution in [2.24, 2.45) is 0 Å². The van der Waals surface area contributed by atoms with Crippen molar-refractivity contribution in [3.63, 3.8) is 0 Å². The van der Waals surface area contributed by atoms with Crippen molar-refractivity contribution in [2.75, 3.05) is 14.2 Å². The molecule has 1 N–H and O–H groups in total. The van der Waals surface area contributed by atoms with Crippen molar-refractivity contribution in [3.8, 4) is 0 Å². The Morgan fingerprint density at radius 1 is 1.32 bits per heavy atom. The van der Waals surface area contributed by atoms with Crippen molar-refractivity contribution in [2.45, 2.75) is 50.8 Å². The fourth-order valence-electron chi connectivity index (χ4n) is 2.08. The van der Waals surface area contributed by atoms with Gasteiger partial charge >= 0.3 is 11.9 Å². The van der Waals surface area contributed by atoms with Gasteiger partial charge < -0.3 is 24.1 Å². The van der Waals surface area contributed by atoms with Gasteiger partial charge in [-0.05, 0) is 13.8 Å². The molecule has 4 atom stereocenters. The van der Waals surface area contributed by atoms with Crippen molar-refractivity contribution < 1.29 is 33.6 Å². The molecule has 0 radical (unpaired) electrons. The number of esters is 2. The zero-order valence-corrected chi connectivity index (χ0v) is 11.5. The number of aliphatic hydroxyl groups excluding tert-OH is 1. The van der Waals surface area contributed by atoms with E-state index in [-0.39, 0.29) is 12.8 Å². The summed E-state index contributed by atoms with van der Waals surface area (Å²) in [7, 11) is 2.51. The SMILES string of the molecule is COC(=O)C[C@H](O)CC1(C)O[C@@H](C)[C@H](C(=O)OC)O1. The molecule has 0 aromatic rings. The minimum Gasteiger partial charge on any atom is -0.469 e. The van der Waals surface area contributed by atoms with E-state index in [1.165, 1.54) is 14.2 Å². The minimum absolute atomic E-state index is 0.0555. The first-order chi connectivity index (χ1) is 8.81. The molecule has 0 aromatic carbocycles. The van der Waals surface area contributed by atoms with Gasteiger partial charge in [-0.1, -0.05) is 0 Å². The monoisotopic (exact) mass is 276 g/mol. The molecule has 1 fully saturated rings. The Labute approximate surface area is 111 Å². The normalized spacial score (nSPS) is 31.8. The molecular weight excluding hydrogens is 256 g/mol. The number of methoxy groups -OCH3 is 2. The van der Waals surface area contributed by atoms with E-state index >= 15 is 0 Å². The molecule has 1 aliphatic rings. The highest BCUT2D eigenvalue weighted by Crippen LogP contribution is 2.33. The third-order valence-electron chi connectivity index (χ3n) is 2.91. The molecule has 0 aliphatic carbocycles. The highest BCUT2D eigenvalue weighted by atomic mass is 16.8. The average Bonchev–Trinajstić information content (AvgIpc) is 2.62. The summed E-state index contributed by atoms with van der Waals surface area (Å²) >= 11 is 0. The quantitative estimate of drug-likeness (QED) is 0.706. The Hall–Kier alpha value is -1.18. The maximum Gasteiger partial charge on any atom is 0.337 e. The molecule has 1 rings (SSSR count). The first-order valence-electron chi connectivity index (χ1n) is 5.99. The van der Waals surface area contributed by atoms with E-state index in [0.717, 1.165) is 0 Å². The molecule has 1 aliphatic heterocycles. The molecule has 0 bridgehead atoms. The third-order valence-corrected chi connectivity index (χ3v) is 2.91. The summed E-state index contributed by atoms with van der Waals surface area (Å²) in [6.07, 6.45) is -2.39. The number of rotatable bonds is 5. The fraction of sp³-hybridized carbons (Fsp3) is 0.833. The number of hydrogen-bond donors (Lipinski definition) is 1. The van der Waals surface area contributed by atoms with Crippen LogP contribution in [0.25, 0.3) is 0 Å². The van der Waals surface area contributed by atoms with Gasteiger partial charge in [0, 0.05) is 6.42 Å². The highest BCUT2D eigenvalue weighted by Gasteiger charge is 2.47. The topological polar surface area (TPSA) is 91.3 Å². The summed E-state index contributed by atoms with van der Waals surface area (Å²) in [5, 5.41) is 9.77. The lowest BCUT2D eigenvalue weighted by atomic mass is 10.1. The molecule has 1 unspecified atom stereocenters. The van der Waals surface area contributed by atoms with E-state index in [9.17, 15) is 14.7 Å². The van der Waals surface area contributed by atoms with Crippen molar-refractivity contribution >= 4 is 11.9 Å².